The molecule has 6 heteroatoms. The maximum absolute atomic E-state index is 13.0. The lowest BCUT2D eigenvalue weighted by Crippen LogP contribution is -2.49. The molecule has 1 aromatic rings. The average Bonchev–Trinajstić information content (AvgIpc) is 2.64. The van der Waals surface area contributed by atoms with Crippen molar-refractivity contribution in [3.8, 4) is 6.07 Å². The van der Waals surface area contributed by atoms with E-state index in [1.807, 2.05) is 18.0 Å². The topological polar surface area (TPSA) is 50.6 Å². The number of halogens is 1. The highest BCUT2D eigenvalue weighted by atomic mass is 19.1. The molecule has 0 atom stereocenters. The van der Waals surface area contributed by atoms with Gasteiger partial charge in [-0.3, -0.25) is 4.79 Å². The number of carbonyl (C=O) groups is 1. The predicted octanol–water partition coefficient (Wildman–Crippen LogP) is 2.61. The predicted molar refractivity (Wildman–Crippen MR) is 96.4 cm³/mol. The van der Waals surface area contributed by atoms with E-state index >= 15 is 0 Å². The Bertz CT molecular complexity index is 642. The first-order chi connectivity index (χ1) is 12.0. The van der Waals surface area contributed by atoms with Crippen LogP contribution in [0.1, 0.15) is 19.8 Å². The van der Waals surface area contributed by atoms with Gasteiger partial charge in [0.15, 0.2) is 0 Å². The summed E-state index contributed by atoms with van der Waals surface area (Å²) < 4.78 is 13.0. The van der Waals surface area contributed by atoms with Crippen molar-refractivity contribution >= 4 is 11.6 Å². The molecular formula is C19H25FN4O. The molecule has 1 aromatic carbocycles. The minimum absolute atomic E-state index is 0.175. The number of unbranched alkanes of at least 4 members (excludes halogenated alkanes) is 1. The van der Waals surface area contributed by atoms with E-state index in [9.17, 15) is 14.4 Å². The maximum atomic E-state index is 13.0. The quantitative estimate of drug-likeness (QED) is 0.588. The molecule has 0 N–H and O–H groups in total. The van der Waals surface area contributed by atoms with Crippen LogP contribution in [-0.2, 0) is 4.79 Å². The molecule has 25 heavy (non-hydrogen) atoms. The van der Waals surface area contributed by atoms with Gasteiger partial charge >= 0.3 is 0 Å². The summed E-state index contributed by atoms with van der Waals surface area (Å²) in [4.78, 5) is 18.3. The van der Waals surface area contributed by atoms with E-state index in [1.165, 1.54) is 12.1 Å². The van der Waals surface area contributed by atoms with Gasteiger partial charge in [0.2, 0.25) is 0 Å². The van der Waals surface area contributed by atoms with Gasteiger partial charge < -0.3 is 14.7 Å². The molecule has 0 bridgehead atoms. The Labute approximate surface area is 148 Å². The third-order valence-electron chi connectivity index (χ3n) is 4.32. The van der Waals surface area contributed by atoms with Crippen molar-refractivity contribution in [3.05, 3.63) is 41.9 Å². The van der Waals surface area contributed by atoms with E-state index in [0.29, 0.717) is 26.2 Å². The lowest BCUT2D eigenvalue weighted by Gasteiger charge is -2.36. The zero-order valence-electron chi connectivity index (χ0n) is 14.9. The van der Waals surface area contributed by atoms with Crippen molar-refractivity contribution in [2.45, 2.75) is 19.8 Å². The third-order valence-corrected chi connectivity index (χ3v) is 4.32. The van der Waals surface area contributed by atoms with Crippen molar-refractivity contribution in [2.75, 3.05) is 44.7 Å². The van der Waals surface area contributed by atoms with Crippen LogP contribution in [0.25, 0.3) is 0 Å². The summed E-state index contributed by atoms with van der Waals surface area (Å²) in [6, 6.07) is 8.40. The maximum Gasteiger partial charge on any atom is 0.266 e. The lowest BCUT2D eigenvalue weighted by molar-refractivity contribution is -0.127. The zero-order chi connectivity index (χ0) is 18.2. The smallest absolute Gasteiger partial charge is 0.266 e. The summed E-state index contributed by atoms with van der Waals surface area (Å²) in [7, 11) is 1.88. The van der Waals surface area contributed by atoms with Crippen LogP contribution in [0.15, 0.2) is 36.0 Å². The average molecular weight is 344 g/mol. The van der Waals surface area contributed by atoms with Crippen LogP contribution in [0.2, 0.25) is 0 Å². The van der Waals surface area contributed by atoms with E-state index in [2.05, 4.69) is 11.8 Å². The Hall–Kier alpha value is -2.55. The monoisotopic (exact) mass is 344 g/mol. The molecule has 0 saturated carbocycles. The molecule has 1 amide bonds. The molecule has 0 unspecified atom stereocenters. The standard InChI is InChI=1S/C19H25FN4O/c1-3-4-9-22(2)15-16(14-21)19(25)24-12-10-23(11-13-24)18-7-5-17(20)6-8-18/h5-8,15H,3-4,9-13H2,1-2H3/b16-15-. The number of hydrogen-bond donors (Lipinski definition) is 0. The lowest BCUT2D eigenvalue weighted by atomic mass is 10.2. The number of carbonyl (C=O) groups excluding carboxylic acids is 1. The second-order valence-corrected chi connectivity index (χ2v) is 6.24. The minimum atomic E-state index is -0.256. The van der Waals surface area contributed by atoms with Crippen molar-refractivity contribution in [3.63, 3.8) is 0 Å². The Morgan fingerprint density at radius 1 is 1.28 bits per heavy atom. The first kappa shape index (κ1) is 18.8. The zero-order valence-corrected chi connectivity index (χ0v) is 14.9. The molecule has 1 aliphatic heterocycles. The first-order valence-electron chi connectivity index (χ1n) is 8.67. The first-order valence-corrected chi connectivity index (χ1v) is 8.67. The Morgan fingerprint density at radius 2 is 1.92 bits per heavy atom. The van der Waals surface area contributed by atoms with Gasteiger partial charge in [0.25, 0.3) is 5.91 Å². The van der Waals surface area contributed by atoms with Crippen LogP contribution in [0.5, 0.6) is 0 Å². The van der Waals surface area contributed by atoms with Gasteiger partial charge in [-0.15, -0.1) is 0 Å². The van der Waals surface area contributed by atoms with Gasteiger partial charge in [0, 0.05) is 51.7 Å². The Morgan fingerprint density at radius 3 is 2.48 bits per heavy atom. The summed E-state index contributed by atoms with van der Waals surface area (Å²) >= 11 is 0. The molecule has 1 fully saturated rings. The Balaban J connectivity index is 1.94. The molecule has 134 valence electrons. The fourth-order valence-electron chi connectivity index (χ4n) is 2.81. The fraction of sp³-hybridized carbons (Fsp3) is 0.474. The fourth-order valence-corrected chi connectivity index (χ4v) is 2.81. The number of hydrogen-bond acceptors (Lipinski definition) is 4. The van der Waals surface area contributed by atoms with Gasteiger partial charge in [-0.05, 0) is 30.7 Å². The summed E-state index contributed by atoms with van der Waals surface area (Å²) in [6.45, 7) is 5.37. The summed E-state index contributed by atoms with van der Waals surface area (Å²) in [5.41, 5.74) is 1.12. The number of anilines is 1. The molecule has 0 radical (unpaired) electrons. The molecule has 0 aromatic heterocycles. The van der Waals surface area contributed by atoms with Gasteiger partial charge in [-0.25, -0.2) is 4.39 Å². The highest BCUT2D eigenvalue weighted by Crippen LogP contribution is 2.17. The number of nitriles is 1. The van der Waals surface area contributed by atoms with Crippen LogP contribution in [-0.4, -0.2) is 55.5 Å². The van der Waals surface area contributed by atoms with Crippen molar-refractivity contribution in [1.29, 1.82) is 5.26 Å². The van der Waals surface area contributed by atoms with Gasteiger partial charge in [0.05, 0.1) is 0 Å². The highest BCUT2D eigenvalue weighted by molar-refractivity contribution is 5.97. The van der Waals surface area contributed by atoms with Gasteiger partial charge in [0.1, 0.15) is 17.5 Å². The number of rotatable bonds is 6. The number of nitrogens with zero attached hydrogens (tertiary/aromatic N) is 4. The summed E-state index contributed by atoms with van der Waals surface area (Å²) in [5.74, 6) is -0.474. The van der Waals surface area contributed by atoms with Crippen molar-refractivity contribution in [2.24, 2.45) is 0 Å². The van der Waals surface area contributed by atoms with Crippen LogP contribution in [0.4, 0.5) is 10.1 Å². The third kappa shape index (κ3) is 5.21. The minimum Gasteiger partial charge on any atom is -0.379 e. The molecule has 5 nitrogen and oxygen atoms in total. The molecular weight excluding hydrogens is 319 g/mol. The van der Waals surface area contributed by atoms with Crippen LogP contribution < -0.4 is 4.90 Å². The second-order valence-electron chi connectivity index (χ2n) is 6.24. The van der Waals surface area contributed by atoms with Crippen molar-refractivity contribution in [1.82, 2.24) is 9.80 Å². The number of benzene rings is 1. The van der Waals surface area contributed by atoms with Crippen molar-refractivity contribution < 1.29 is 9.18 Å². The molecule has 1 saturated heterocycles. The molecule has 1 aliphatic rings. The largest absolute Gasteiger partial charge is 0.379 e. The Kier molecular flexibility index (Phi) is 6.81. The second kappa shape index (κ2) is 9.07. The van der Waals surface area contributed by atoms with E-state index in [1.54, 1.807) is 23.2 Å². The molecule has 2 rings (SSSR count). The van der Waals surface area contributed by atoms with E-state index in [-0.39, 0.29) is 17.3 Å². The van der Waals surface area contributed by atoms with Crippen LogP contribution in [0, 0.1) is 17.1 Å². The summed E-state index contributed by atoms with van der Waals surface area (Å²) in [6.07, 6.45) is 3.74. The highest BCUT2D eigenvalue weighted by Gasteiger charge is 2.24. The van der Waals surface area contributed by atoms with E-state index in [0.717, 1.165) is 25.1 Å². The number of amides is 1. The van der Waals surface area contributed by atoms with Gasteiger partial charge in [-0.2, -0.15) is 5.26 Å². The molecule has 0 aliphatic carbocycles. The number of piperazine rings is 1. The SMILES string of the molecule is CCCCN(C)/C=C(/C#N)C(=O)N1CCN(c2ccc(F)cc2)CC1. The van der Waals surface area contributed by atoms with Gasteiger partial charge in [-0.1, -0.05) is 13.3 Å². The molecule has 0 spiro atoms. The normalized spacial score (nSPS) is 15.0. The summed E-state index contributed by atoms with van der Waals surface area (Å²) in [5, 5.41) is 9.32. The van der Waals surface area contributed by atoms with E-state index in [4.69, 9.17) is 0 Å². The van der Waals surface area contributed by atoms with Crippen LogP contribution >= 0.6 is 0 Å². The van der Waals surface area contributed by atoms with E-state index < -0.39 is 0 Å². The van der Waals surface area contributed by atoms with Crippen LogP contribution in [0.3, 0.4) is 0 Å². The molecule has 1 heterocycles.